The number of benzene rings is 3. The lowest BCUT2D eigenvalue weighted by molar-refractivity contribution is -0.120. The van der Waals surface area contributed by atoms with Gasteiger partial charge < -0.3 is 4.90 Å². The van der Waals surface area contributed by atoms with Crippen LogP contribution in [0.1, 0.15) is 18.4 Å². The van der Waals surface area contributed by atoms with Crippen LogP contribution in [0.25, 0.3) is 16.3 Å². The molecule has 2 heterocycles. The molecule has 1 fully saturated rings. The first-order chi connectivity index (χ1) is 13.8. The van der Waals surface area contributed by atoms with Crippen molar-refractivity contribution in [2.75, 3.05) is 18.0 Å². The van der Waals surface area contributed by atoms with Gasteiger partial charge in [0.1, 0.15) is 5.70 Å². The first-order valence-electron chi connectivity index (χ1n) is 9.67. The summed E-state index contributed by atoms with van der Waals surface area (Å²) >= 11 is 0. The van der Waals surface area contributed by atoms with E-state index in [-0.39, 0.29) is 11.8 Å². The Hall–Kier alpha value is -3.40. The van der Waals surface area contributed by atoms with E-state index in [1.807, 2.05) is 72.8 Å². The van der Waals surface area contributed by atoms with E-state index in [2.05, 4.69) is 4.90 Å². The highest BCUT2D eigenvalue weighted by Gasteiger charge is 2.43. The van der Waals surface area contributed by atoms with Gasteiger partial charge in [-0.1, -0.05) is 66.7 Å². The van der Waals surface area contributed by atoms with Crippen LogP contribution in [-0.4, -0.2) is 29.8 Å². The molecule has 0 bridgehead atoms. The summed E-state index contributed by atoms with van der Waals surface area (Å²) in [7, 11) is 0. The molecule has 5 rings (SSSR count). The number of amides is 2. The average Bonchev–Trinajstić information content (AvgIpc) is 3.34. The number of imide groups is 1. The van der Waals surface area contributed by atoms with Crippen molar-refractivity contribution >= 4 is 33.8 Å². The van der Waals surface area contributed by atoms with Crippen LogP contribution in [0, 0.1) is 0 Å². The minimum Gasteiger partial charge on any atom is -0.366 e. The van der Waals surface area contributed by atoms with E-state index in [1.54, 1.807) is 0 Å². The van der Waals surface area contributed by atoms with Crippen molar-refractivity contribution in [1.29, 1.82) is 0 Å². The lowest BCUT2D eigenvalue weighted by Crippen LogP contribution is -2.34. The molecule has 1 saturated heterocycles. The van der Waals surface area contributed by atoms with Crippen molar-refractivity contribution in [2.45, 2.75) is 12.8 Å². The van der Waals surface area contributed by atoms with Crippen LogP contribution in [0.5, 0.6) is 0 Å². The molecule has 138 valence electrons. The average molecular weight is 368 g/mol. The number of likely N-dealkylation sites (tertiary alicyclic amines) is 1. The van der Waals surface area contributed by atoms with E-state index in [0.717, 1.165) is 42.3 Å². The van der Waals surface area contributed by atoms with E-state index < -0.39 is 0 Å². The van der Waals surface area contributed by atoms with Crippen molar-refractivity contribution in [3.8, 4) is 0 Å². The second-order valence-corrected chi connectivity index (χ2v) is 7.23. The highest BCUT2D eigenvalue weighted by molar-refractivity contribution is 6.46. The third-order valence-corrected chi connectivity index (χ3v) is 5.55. The zero-order valence-electron chi connectivity index (χ0n) is 15.5. The number of carbonyl (C=O) groups excluding carboxylic acids is 2. The predicted molar refractivity (Wildman–Crippen MR) is 111 cm³/mol. The van der Waals surface area contributed by atoms with Gasteiger partial charge in [-0.3, -0.25) is 9.59 Å². The van der Waals surface area contributed by atoms with E-state index in [4.69, 9.17) is 0 Å². The molecular formula is C24H20N2O2. The normalized spacial score (nSPS) is 17.3. The lowest BCUT2D eigenvalue weighted by atomic mass is 10.0. The lowest BCUT2D eigenvalue weighted by Gasteiger charge is -2.21. The molecule has 0 spiro atoms. The molecule has 0 aliphatic carbocycles. The number of hydrogen-bond acceptors (Lipinski definition) is 3. The third kappa shape index (κ3) is 2.53. The van der Waals surface area contributed by atoms with E-state index in [9.17, 15) is 9.59 Å². The zero-order chi connectivity index (χ0) is 19.1. The number of anilines is 1. The van der Waals surface area contributed by atoms with Crippen molar-refractivity contribution in [3.63, 3.8) is 0 Å². The molecule has 2 amide bonds. The van der Waals surface area contributed by atoms with Crippen LogP contribution in [0.2, 0.25) is 0 Å². The summed E-state index contributed by atoms with van der Waals surface area (Å²) in [5, 5.41) is 1.92. The molecule has 2 aliphatic rings. The van der Waals surface area contributed by atoms with Gasteiger partial charge in [0, 0.05) is 18.5 Å². The quantitative estimate of drug-likeness (QED) is 0.650. The number of carbonyl (C=O) groups is 2. The third-order valence-electron chi connectivity index (χ3n) is 5.55. The highest BCUT2D eigenvalue weighted by Crippen LogP contribution is 2.38. The molecule has 28 heavy (non-hydrogen) atoms. The van der Waals surface area contributed by atoms with E-state index in [1.165, 1.54) is 4.90 Å². The summed E-state index contributed by atoms with van der Waals surface area (Å²) < 4.78 is 0. The fourth-order valence-electron chi connectivity index (χ4n) is 4.24. The largest absolute Gasteiger partial charge is 0.366 e. The zero-order valence-corrected chi connectivity index (χ0v) is 15.5. The summed E-state index contributed by atoms with van der Waals surface area (Å²) in [6.45, 7) is 1.63. The Morgan fingerprint density at radius 3 is 2.14 bits per heavy atom. The van der Waals surface area contributed by atoms with Gasteiger partial charge in [-0.15, -0.1) is 0 Å². The number of hydrogen-bond donors (Lipinski definition) is 0. The maximum Gasteiger partial charge on any atom is 0.282 e. The summed E-state index contributed by atoms with van der Waals surface area (Å²) in [4.78, 5) is 30.5. The predicted octanol–water partition coefficient (Wildman–Crippen LogP) is 4.22. The highest BCUT2D eigenvalue weighted by atomic mass is 16.2. The van der Waals surface area contributed by atoms with Crippen molar-refractivity contribution < 1.29 is 9.59 Å². The maximum atomic E-state index is 13.5. The molecule has 0 atom stereocenters. The topological polar surface area (TPSA) is 40.6 Å². The minimum atomic E-state index is -0.241. The molecule has 4 heteroatoms. The molecule has 0 unspecified atom stereocenters. The molecule has 3 aromatic carbocycles. The summed E-state index contributed by atoms with van der Waals surface area (Å²) in [5.41, 5.74) is 2.50. The Kier molecular flexibility index (Phi) is 3.97. The van der Waals surface area contributed by atoms with Crippen LogP contribution in [0.4, 0.5) is 5.69 Å². The summed E-state index contributed by atoms with van der Waals surface area (Å²) in [6.07, 6.45) is 2.09. The maximum absolute atomic E-state index is 13.5. The van der Waals surface area contributed by atoms with Crippen molar-refractivity contribution in [3.05, 3.63) is 84.1 Å². The van der Waals surface area contributed by atoms with Gasteiger partial charge in [-0.25, -0.2) is 4.90 Å². The standard InChI is InChI=1S/C24H20N2O2/c27-23-21(18-10-2-1-3-11-18)22(25-15-6-7-16-25)24(28)26(23)20-14-8-12-17-9-4-5-13-19(17)20/h1-5,8-14H,6-7,15-16H2. The monoisotopic (exact) mass is 368 g/mol. The first-order valence-corrected chi connectivity index (χ1v) is 9.67. The van der Waals surface area contributed by atoms with Crippen LogP contribution in [0.3, 0.4) is 0 Å². The fourth-order valence-corrected chi connectivity index (χ4v) is 4.24. The number of fused-ring (bicyclic) bond motifs is 1. The fraction of sp³-hybridized carbons (Fsp3) is 0.167. The Balaban J connectivity index is 1.69. The van der Waals surface area contributed by atoms with Gasteiger partial charge in [0.25, 0.3) is 11.8 Å². The van der Waals surface area contributed by atoms with E-state index in [0.29, 0.717) is 17.0 Å². The molecule has 0 saturated carbocycles. The van der Waals surface area contributed by atoms with Crippen LogP contribution in [-0.2, 0) is 9.59 Å². The number of nitrogens with zero attached hydrogens (tertiary/aromatic N) is 2. The molecule has 0 aromatic heterocycles. The number of rotatable bonds is 3. The van der Waals surface area contributed by atoms with Crippen LogP contribution < -0.4 is 4.90 Å². The van der Waals surface area contributed by atoms with Crippen molar-refractivity contribution in [1.82, 2.24) is 4.90 Å². The first kappa shape index (κ1) is 16.8. The SMILES string of the molecule is O=C1C(c2ccccc2)=C(N2CCCC2)C(=O)N1c1cccc2ccccc12. The van der Waals surface area contributed by atoms with Gasteiger partial charge in [0.05, 0.1) is 11.3 Å². The van der Waals surface area contributed by atoms with Crippen molar-refractivity contribution in [2.24, 2.45) is 0 Å². The Morgan fingerprint density at radius 1 is 0.679 bits per heavy atom. The van der Waals surface area contributed by atoms with Gasteiger partial charge >= 0.3 is 0 Å². The Labute approximate surface area is 163 Å². The smallest absolute Gasteiger partial charge is 0.282 e. The van der Waals surface area contributed by atoms with Gasteiger partial charge in [-0.05, 0) is 29.9 Å². The summed E-state index contributed by atoms with van der Waals surface area (Å²) in [6, 6.07) is 23.1. The second-order valence-electron chi connectivity index (χ2n) is 7.23. The molecule has 3 aromatic rings. The van der Waals surface area contributed by atoms with Gasteiger partial charge in [-0.2, -0.15) is 0 Å². The molecule has 0 radical (unpaired) electrons. The van der Waals surface area contributed by atoms with Crippen LogP contribution >= 0.6 is 0 Å². The van der Waals surface area contributed by atoms with Crippen LogP contribution in [0.15, 0.2) is 78.5 Å². The van der Waals surface area contributed by atoms with Gasteiger partial charge in [0.15, 0.2) is 0 Å². The van der Waals surface area contributed by atoms with Gasteiger partial charge in [0.2, 0.25) is 0 Å². The summed E-state index contributed by atoms with van der Waals surface area (Å²) in [5.74, 6) is -0.462. The van der Waals surface area contributed by atoms with E-state index >= 15 is 0 Å². The molecular weight excluding hydrogens is 348 g/mol. The second kappa shape index (κ2) is 6.64. The Bertz CT molecular complexity index is 1110. The minimum absolute atomic E-state index is 0.220. The molecule has 0 N–H and O–H groups in total. The molecule has 4 nitrogen and oxygen atoms in total. The molecule has 2 aliphatic heterocycles. The Morgan fingerprint density at radius 2 is 1.36 bits per heavy atom.